The predicted molar refractivity (Wildman–Crippen MR) is 173 cm³/mol. The molecule has 1 fully saturated rings. The van der Waals surface area contributed by atoms with E-state index in [0.29, 0.717) is 5.41 Å². The van der Waals surface area contributed by atoms with Crippen molar-refractivity contribution in [3.05, 3.63) is 109 Å². The average molecular weight is 497 g/mol. The van der Waals surface area contributed by atoms with E-state index < -0.39 is 0 Å². The first-order valence-corrected chi connectivity index (χ1v) is 14.7. The highest BCUT2D eigenvalue weighted by atomic mass is 14.3. The third-order valence-electron chi connectivity index (χ3n) is 4.21. The monoisotopic (exact) mass is 497 g/mol. The van der Waals surface area contributed by atoms with Gasteiger partial charge in [-0.15, -0.1) is 0 Å². The summed E-state index contributed by atoms with van der Waals surface area (Å²) >= 11 is 0. The molecule has 0 spiro atoms. The van der Waals surface area contributed by atoms with Gasteiger partial charge >= 0.3 is 0 Å². The van der Waals surface area contributed by atoms with Crippen molar-refractivity contribution in [1.29, 1.82) is 0 Å². The van der Waals surface area contributed by atoms with Crippen molar-refractivity contribution in [3.63, 3.8) is 0 Å². The van der Waals surface area contributed by atoms with E-state index in [-0.39, 0.29) is 0 Å². The van der Waals surface area contributed by atoms with E-state index in [4.69, 9.17) is 0 Å². The molecule has 36 heavy (non-hydrogen) atoms. The lowest BCUT2D eigenvalue weighted by atomic mass is 9.78. The van der Waals surface area contributed by atoms with Crippen LogP contribution >= 0.6 is 0 Å². The Morgan fingerprint density at radius 3 is 0.500 bits per heavy atom. The zero-order chi connectivity index (χ0) is 28.8. The van der Waals surface area contributed by atoms with Crippen molar-refractivity contribution in [2.45, 2.75) is 115 Å². The van der Waals surface area contributed by atoms with E-state index in [0.717, 1.165) is 0 Å². The molecule has 0 aliphatic heterocycles. The summed E-state index contributed by atoms with van der Waals surface area (Å²) in [5, 5.41) is 0. The summed E-state index contributed by atoms with van der Waals surface area (Å²) in [6.45, 7) is 24.8. The van der Waals surface area contributed by atoms with Gasteiger partial charge < -0.3 is 0 Å². The lowest BCUT2D eigenvalue weighted by molar-refractivity contribution is 0.244. The minimum atomic E-state index is 0.679. The van der Waals surface area contributed by atoms with Gasteiger partial charge in [0.05, 0.1) is 0 Å². The van der Waals surface area contributed by atoms with Crippen LogP contribution in [0.3, 0.4) is 0 Å². The molecule has 0 N–H and O–H groups in total. The fourth-order valence-electron chi connectivity index (χ4n) is 2.66. The largest absolute Gasteiger partial charge is 0.0683 e. The molecule has 4 rings (SSSR count). The molecular formula is C36H64. The van der Waals surface area contributed by atoms with Gasteiger partial charge in [0.1, 0.15) is 0 Å². The van der Waals surface area contributed by atoms with Crippen LogP contribution in [0.15, 0.2) is 109 Å². The Hall–Kier alpha value is -2.34. The van der Waals surface area contributed by atoms with Crippen LogP contribution in [0.25, 0.3) is 0 Å². The molecule has 0 nitrogen and oxygen atoms in total. The molecule has 1 aliphatic rings. The van der Waals surface area contributed by atoms with Gasteiger partial charge in [-0.3, -0.25) is 0 Å². The fourth-order valence-corrected chi connectivity index (χ4v) is 2.66. The molecule has 0 amide bonds. The van der Waals surface area contributed by atoms with E-state index in [2.05, 4.69) is 13.8 Å². The maximum atomic E-state index is 2.38. The molecule has 0 unspecified atom stereocenters. The maximum Gasteiger partial charge on any atom is -0.0354 e. The minimum absolute atomic E-state index is 0.679. The zero-order valence-corrected chi connectivity index (χ0v) is 26.4. The van der Waals surface area contributed by atoms with Crippen LogP contribution in [-0.4, -0.2) is 0 Å². The van der Waals surface area contributed by atoms with E-state index in [1.54, 1.807) is 0 Å². The van der Waals surface area contributed by atoms with Crippen LogP contribution in [0.1, 0.15) is 115 Å². The Labute approximate surface area is 229 Å². The highest BCUT2D eigenvalue weighted by molar-refractivity contribution is 5.00. The molecule has 0 heteroatoms. The van der Waals surface area contributed by atoms with E-state index in [1.807, 2.05) is 178 Å². The van der Waals surface area contributed by atoms with Crippen LogP contribution in [0.2, 0.25) is 0 Å². The van der Waals surface area contributed by atoms with Gasteiger partial charge in [-0.1, -0.05) is 212 Å². The van der Waals surface area contributed by atoms with Gasteiger partial charge in [-0.05, 0) is 18.3 Å². The Balaban J connectivity index is -0.000000107. The second-order valence-electron chi connectivity index (χ2n) is 7.19. The highest BCUT2D eigenvalue weighted by Gasteiger charge is 2.19. The standard InChI is InChI=1S/C8H16.3C6H6.5C2H6/c1-8(2)6-4-3-5-7-8;3*1-2-4-6-5-3-1;5*1-2/h3-7H2,1-2H3;3*1-6H;5*1-2H3. The summed E-state index contributed by atoms with van der Waals surface area (Å²) in [5.41, 5.74) is 0.679. The first-order chi connectivity index (χ1) is 17.7. The van der Waals surface area contributed by atoms with Gasteiger partial charge in [0.15, 0.2) is 0 Å². The number of hydrogen-bond donors (Lipinski definition) is 0. The van der Waals surface area contributed by atoms with Crippen LogP contribution in [0, 0.1) is 5.41 Å². The van der Waals surface area contributed by atoms with Crippen LogP contribution in [-0.2, 0) is 0 Å². The van der Waals surface area contributed by atoms with E-state index in [1.165, 1.54) is 32.1 Å². The number of hydrogen-bond acceptors (Lipinski definition) is 0. The highest BCUT2D eigenvalue weighted by Crippen LogP contribution is 2.34. The lowest BCUT2D eigenvalue weighted by Crippen LogP contribution is -2.14. The SMILES string of the molecule is CC.CC.CC.CC.CC.CC1(C)CCCCC1.c1ccccc1.c1ccccc1.c1ccccc1. The van der Waals surface area contributed by atoms with E-state index >= 15 is 0 Å². The van der Waals surface area contributed by atoms with Crippen molar-refractivity contribution >= 4 is 0 Å². The van der Waals surface area contributed by atoms with Gasteiger partial charge in [-0.2, -0.15) is 0 Å². The van der Waals surface area contributed by atoms with Crippen molar-refractivity contribution in [1.82, 2.24) is 0 Å². The Morgan fingerprint density at radius 1 is 0.278 bits per heavy atom. The molecular weight excluding hydrogens is 432 g/mol. The van der Waals surface area contributed by atoms with Crippen LogP contribution in [0.4, 0.5) is 0 Å². The average Bonchev–Trinajstić information content (AvgIpc) is 3.02. The van der Waals surface area contributed by atoms with Crippen molar-refractivity contribution in [2.75, 3.05) is 0 Å². The zero-order valence-electron chi connectivity index (χ0n) is 26.4. The Kier molecular flexibility index (Phi) is 55.9. The summed E-state index contributed by atoms with van der Waals surface area (Å²) in [6, 6.07) is 36.0. The normalized spacial score (nSPS) is 11.0. The third-order valence-corrected chi connectivity index (χ3v) is 4.21. The molecule has 3 aromatic carbocycles. The summed E-state index contributed by atoms with van der Waals surface area (Å²) < 4.78 is 0. The predicted octanol–water partition coefficient (Wildman–Crippen LogP) is 13.2. The minimum Gasteiger partial charge on any atom is -0.0683 e. The molecule has 208 valence electrons. The smallest absolute Gasteiger partial charge is 0.0354 e. The van der Waals surface area contributed by atoms with Gasteiger partial charge in [0.2, 0.25) is 0 Å². The van der Waals surface area contributed by atoms with Crippen molar-refractivity contribution in [2.24, 2.45) is 5.41 Å². The number of rotatable bonds is 0. The molecule has 0 atom stereocenters. The first kappa shape index (κ1) is 43.7. The Morgan fingerprint density at radius 2 is 0.417 bits per heavy atom. The number of benzene rings is 3. The van der Waals surface area contributed by atoms with Crippen LogP contribution in [0.5, 0.6) is 0 Å². The molecule has 1 aliphatic carbocycles. The molecule has 0 heterocycles. The summed E-state index contributed by atoms with van der Waals surface area (Å²) in [5.74, 6) is 0. The van der Waals surface area contributed by atoms with E-state index in [9.17, 15) is 0 Å². The van der Waals surface area contributed by atoms with Gasteiger partial charge in [-0.25, -0.2) is 0 Å². The van der Waals surface area contributed by atoms with Crippen LogP contribution < -0.4 is 0 Å². The summed E-state index contributed by atoms with van der Waals surface area (Å²) in [4.78, 5) is 0. The second kappa shape index (κ2) is 46.1. The third kappa shape index (κ3) is 45.2. The fraction of sp³-hybridized carbons (Fsp3) is 0.500. The molecule has 0 aromatic heterocycles. The Bertz CT molecular complexity index is 436. The van der Waals surface area contributed by atoms with Gasteiger partial charge in [0.25, 0.3) is 0 Å². The quantitative estimate of drug-likeness (QED) is 0.290. The second-order valence-corrected chi connectivity index (χ2v) is 7.19. The summed E-state index contributed by atoms with van der Waals surface area (Å²) in [6.07, 6.45) is 7.31. The van der Waals surface area contributed by atoms with Crippen molar-refractivity contribution in [3.8, 4) is 0 Å². The maximum absolute atomic E-state index is 2.38. The van der Waals surface area contributed by atoms with Gasteiger partial charge in [0, 0.05) is 0 Å². The molecule has 0 saturated heterocycles. The van der Waals surface area contributed by atoms with Crippen molar-refractivity contribution < 1.29 is 0 Å². The first-order valence-electron chi connectivity index (χ1n) is 14.7. The molecule has 0 radical (unpaired) electrons. The summed E-state index contributed by atoms with van der Waals surface area (Å²) in [7, 11) is 0. The molecule has 1 saturated carbocycles. The topological polar surface area (TPSA) is 0 Å². The lowest BCUT2D eigenvalue weighted by Gasteiger charge is -2.28. The molecule has 3 aromatic rings. The molecule has 0 bridgehead atoms.